The number of aryl methyl sites for hydroxylation is 2. The van der Waals surface area contributed by atoms with Crippen LogP contribution in [0.15, 0.2) is 60.8 Å². The molecule has 0 aliphatic heterocycles. The summed E-state index contributed by atoms with van der Waals surface area (Å²) in [4.78, 5) is 17.4. The van der Waals surface area contributed by atoms with Gasteiger partial charge in [-0.1, -0.05) is 25.1 Å². The quantitative estimate of drug-likeness (QED) is 0.493. The minimum absolute atomic E-state index is 0.250. The van der Waals surface area contributed by atoms with Crippen LogP contribution in [0.4, 0.5) is 17.2 Å². The molecule has 0 unspecified atom stereocenters. The summed E-state index contributed by atoms with van der Waals surface area (Å²) in [5.74, 6) is 1.20. The first-order valence-electron chi connectivity index (χ1n) is 9.74. The summed E-state index contributed by atoms with van der Waals surface area (Å²) in [6, 6.07) is 17.3. The van der Waals surface area contributed by atoms with Crippen LogP contribution in [-0.2, 0) is 6.42 Å². The van der Waals surface area contributed by atoms with E-state index in [1.54, 1.807) is 11.6 Å². The van der Waals surface area contributed by atoms with E-state index in [0.29, 0.717) is 17.0 Å². The number of rotatable bonds is 6. The Balaban J connectivity index is 1.64. The molecule has 0 saturated carbocycles. The van der Waals surface area contributed by atoms with Gasteiger partial charge in [0.15, 0.2) is 5.65 Å². The summed E-state index contributed by atoms with van der Waals surface area (Å²) in [6.07, 6.45) is 2.49. The van der Waals surface area contributed by atoms with Gasteiger partial charge in [0, 0.05) is 29.2 Å². The first-order chi connectivity index (χ1) is 14.6. The Morgan fingerprint density at radius 3 is 2.63 bits per heavy atom. The molecule has 0 saturated heterocycles. The zero-order valence-electron chi connectivity index (χ0n) is 17.1. The highest BCUT2D eigenvalue weighted by atomic mass is 16.5. The van der Waals surface area contributed by atoms with Crippen molar-refractivity contribution in [2.24, 2.45) is 0 Å². The second-order valence-corrected chi connectivity index (χ2v) is 6.94. The molecule has 2 aromatic heterocycles. The number of nitrogens with one attached hydrogen (secondary N) is 2. The Kier molecular flexibility index (Phi) is 5.34. The predicted molar refractivity (Wildman–Crippen MR) is 118 cm³/mol. The van der Waals surface area contributed by atoms with Crippen LogP contribution in [0.1, 0.15) is 28.5 Å². The first-order valence-corrected chi connectivity index (χ1v) is 9.74. The van der Waals surface area contributed by atoms with Gasteiger partial charge in [0.25, 0.3) is 5.91 Å². The number of carbonyl (C=O) groups excluding carboxylic acids is 1. The third kappa shape index (κ3) is 3.96. The van der Waals surface area contributed by atoms with Crippen molar-refractivity contribution in [3.05, 3.63) is 77.6 Å². The average Bonchev–Trinajstić information content (AvgIpc) is 3.18. The summed E-state index contributed by atoms with van der Waals surface area (Å²) >= 11 is 0. The van der Waals surface area contributed by atoms with E-state index in [1.807, 2.05) is 61.5 Å². The van der Waals surface area contributed by atoms with E-state index in [2.05, 4.69) is 27.6 Å². The highest BCUT2D eigenvalue weighted by molar-refractivity contribution is 6.08. The van der Waals surface area contributed by atoms with Gasteiger partial charge in [-0.3, -0.25) is 4.79 Å². The van der Waals surface area contributed by atoms with Crippen LogP contribution < -0.4 is 15.4 Å². The van der Waals surface area contributed by atoms with Crippen LogP contribution in [-0.4, -0.2) is 27.6 Å². The fraction of sp³-hybridized carbons (Fsp3) is 0.174. The molecule has 30 heavy (non-hydrogen) atoms. The zero-order chi connectivity index (χ0) is 21.1. The highest BCUT2D eigenvalue weighted by Crippen LogP contribution is 2.23. The van der Waals surface area contributed by atoms with Crippen molar-refractivity contribution in [1.29, 1.82) is 0 Å². The molecule has 0 aliphatic rings. The lowest BCUT2D eigenvalue weighted by Gasteiger charge is -2.11. The van der Waals surface area contributed by atoms with Crippen molar-refractivity contribution >= 4 is 28.7 Å². The van der Waals surface area contributed by atoms with Crippen molar-refractivity contribution in [2.75, 3.05) is 17.7 Å². The van der Waals surface area contributed by atoms with Gasteiger partial charge in [-0.2, -0.15) is 9.61 Å². The van der Waals surface area contributed by atoms with E-state index in [-0.39, 0.29) is 5.91 Å². The third-order valence-electron chi connectivity index (χ3n) is 4.81. The number of carbonyl (C=O) groups is 1. The van der Waals surface area contributed by atoms with Crippen LogP contribution in [0, 0.1) is 6.92 Å². The molecule has 2 aromatic carbocycles. The molecule has 4 aromatic rings. The van der Waals surface area contributed by atoms with E-state index in [4.69, 9.17) is 4.74 Å². The SMILES string of the molecule is CCc1ccc(NC(=O)c2cnn3c(Nc4cccc(OC)c4)cc(C)nc23)cc1. The number of methoxy groups -OCH3 is 1. The van der Waals surface area contributed by atoms with Gasteiger partial charge < -0.3 is 15.4 Å². The van der Waals surface area contributed by atoms with Crippen LogP contribution >= 0.6 is 0 Å². The number of aromatic nitrogens is 3. The molecule has 0 radical (unpaired) electrons. The smallest absolute Gasteiger partial charge is 0.261 e. The van der Waals surface area contributed by atoms with Crippen LogP contribution in [0.5, 0.6) is 5.75 Å². The van der Waals surface area contributed by atoms with E-state index in [0.717, 1.165) is 29.2 Å². The molecule has 0 aliphatic carbocycles. The monoisotopic (exact) mass is 401 g/mol. The molecule has 0 bridgehead atoms. The normalized spacial score (nSPS) is 10.8. The summed E-state index contributed by atoms with van der Waals surface area (Å²) in [7, 11) is 1.63. The molecule has 0 spiro atoms. The van der Waals surface area contributed by atoms with Gasteiger partial charge in [-0.15, -0.1) is 0 Å². The minimum atomic E-state index is -0.250. The maximum atomic E-state index is 12.9. The Labute approximate surface area is 174 Å². The lowest BCUT2D eigenvalue weighted by Crippen LogP contribution is -2.12. The Bertz CT molecular complexity index is 1200. The summed E-state index contributed by atoms with van der Waals surface area (Å²) in [5.41, 5.74) is 4.47. The number of ether oxygens (including phenoxy) is 1. The number of nitrogens with zero attached hydrogens (tertiary/aromatic N) is 3. The summed E-state index contributed by atoms with van der Waals surface area (Å²) in [5, 5.41) is 10.6. The highest BCUT2D eigenvalue weighted by Gasteiger charge is 2.17. The van der Waals surface area contributed by atoms with E-state index in [9.17, 15) is 4.79 Å². The number of benzene rings is 2. The molecular formula is C23H23N5O2. The molecule has 2 heterocycles. The van der Waals surface area contributed by atoms with Crippen molar-refractivity contribution in [2.45, 2.75) is 20.3 Å². The van der Waals surface area contributed by atoms with Crippen LogP contribution in [0.3, 0.4) is 0 Å². The third-order valence-corrected chi connectivity index (χ3v) is 4.81. The minimum Gasteiger partial charge on any atom is -0.497 e. The van der Waals surface area contributed by atoms with Crippen molar-refractivity contribution in [3.8, 4) is 5.75 Å². The van der Waals surface area contributed by atoms with Gasteiger partial charge in [0.05, 0.1) is 13.3 Å². The fourth-order valence-electron chi connectivity index (χ4n) is 3.20. The molecule has 0 atom stereocenters. The number of hydrogen-bond donors (Lipinski definition) is 2. The second kappa shape index (κ2) is 8.24. The number of amides is 1. The summed E-state index contributed by atoms with van der Waals surface area (Å²) in [6.45, 7) is 3.98. The lowest BCUT2D eigenvalue weighted by atomic mass is 10.1. The molecule has 0 fully saturated rings. The Hall–Kier alpha value is -3.87. The summed E-state index contributed by atoms with van der Waals surface area (Å²) < 4.78 is 6.91. The van der Waals surface area contributed by atoms with Gasteiger partial charge in [0.2, 0.25) is 0 Å². The molecule has 152 valence electrons. The number of fused-ring (bicyclic) bond motifs is 1. The van der Waals surface area contributed by atoms with E-state index >= 15 is 0 Å². The van der Waals surface area contributed by atoms with Crippen LogP contribution in [0.2, 0.25) is 0 Å². The van der Waals surface area contributed by atoms with Crippen molar-refractivity contribution in [3.63, 3.8) is 0 Å². The second-order valence-electron chi connectivity index (χ2n) is 6.94. The predicted octanol–water partition coefficient (Wildman–Crippen LogP) is 4.60. The van der Waals surface area contributed by atoms with Crippen molar-refractivity contribution in [1.82, 2.24) is 14.6 Å². The molecule has 1 amide bonds. The standard InChI is InChI=1S/C23H23N5O2/c1-4-16-8-10-17(11-9-16)27-23(29)20-14-24-28-21(12-15(2)25-22(20)28)26-18-6-5-7-19(13-18)30-3/h5-14,26H,4H2,1-3H3,(H,27,29). The van der Waals surface area contributed by atoms with E-state index in [1.165, 1.54) is 11.8 Å². The number of anilines is 3. The molecule has 2 N–H and O–H groups in total. The molecule has 7 heteroatoms. The molecule has 4 rings (SSSR count). The number of hydrogen-bond acceptors (Lipinski definition) is 5. The molecular weight excluding hydrogens is 378 g/mol. The van der Waals surface area contributed by atoms with Gasteiger partial charge in [0.1, 0.15) is 17.1 Å². The first kappa shape index (κ1) is 19.4. The van der Waals surface area contributed by atoms with Gasteiger partial charge >= 0.3 is 0 Å². The van der Waals surface area contributed by atoms with Crippen LogP contribution in [0.25, 0.3) is 5.65 Å². The van der Waals surface area contributed by atoms with Gasteiger partial charge in [-0.25, -0.2) is 4.98 Å². The average molecular weight is 401 g/mol. The topological polar surface area (TPSA) is 80.6 Å². The van der Waals surface area contributed by atoms with E-state index < -0.39 is 0 Å². The maximum absolute atomic E-state index is 12.9. The molecule has 7 nitrogen and oxygen atoms in total. The largest absolute Gasteiger partial charge is 0.497 e. The fourth-order valence-corrected chi connectivity index (χ4v) is 3.20. The maximum Gasteiger partial charge on any atom is 0.261 e. The Morgan fingerprint density at radius 2 is 1.90 bits per heavy atom. The zero-order valence-corrected chi connectivity index (χ0v) is 17.1. The lowest BCUT2D eigenvalue weighted by molar-refractivity contribution is 0.102. The Morgan fingerprint density at radius 1 is 1.10 bits per heavy atom. The van der Waals surface area contributed by atoms with Gasteiger partial charge in [-0.05, 0) is 43.2 Å². The van der Waals surface area contributed by atoms with Crippen molar-refractivity contribution < 1.29 is 9.53 Å².